The van der Waals surface area contributed by atoms with Gasteiger partial charge in [-0.15, -0.1) is 0 Å². The molecule has 0 heterocycles. The van der Waals surface area contributed by atoms with Crippen LogP contribution in [0.15, 0.2) is 53.0 Å². The van der Waals surface area contributed by atoms with Gasteiger partial charge in [-0.25, -0.2) is 0 Å². The van der Waals surface area contributed by atoms with Gasteiger partial charge in [0.15, 0.2) is 5.11 Å². The molecule has 0 aromatic heterocycles. The minimum absolute atomic E-state index is 0.186. The first-order valence-electron chi connectivity index (χ1n) is 7.68. The van der Waals surface area contributed by atoms with Gasteiger partial charge in [-0.05, 0) is 67.5 Å². The lowest BCUT2D eigenvalue weighted by Gasteiger charge is -2.20. The molecule has 0 aliphatic rings. The molecule has 0 fully saturated rings. The predicted molar refractivity (Wildman–Crippen MR) is 104 cm³/mol. The monoisotopic (exact) mass is 392 g/mol. The molecule has 122 valence electrons. The Balaban J connectivity index is 1.95. The Morgan fingerprint density at radius 2 is 1.74 bits per heavy atom. The summed E-state index contributed by atoms with van der Waals surface area (Å²) in [7, 11) is 0. The molecule has 1 atom stereocenters. The van der Waals surface area contributed by atoms with E-state index in [1.165, 1.54) is 5.56 Å². The van der Waals surface area contributed by atoms with Crippen molar-refractivity contribution in [3.05, 3.63) is 58.6 Å². The van der Waals surface area contributed by atoms with Crippen LogP contribution in [0.3, 0.4) is 0 Å². The summed E-state index contributed by atoms with van der Waals surface area (Å²) in [5.41, 5.74) is 2.16. The number of halogens is 1. The summed E-state index contributed by atoms with van der Waals surface area (Å²) in [5, 5.41) is 7.19. The van der Waals surface area contributed by atoms with Crippen molar-refractivity contribution < 1.29 is 4.74 Å². The third kappa shape index (κ3) is 5.52. The Morgan fingerprint density at radius 1 is 1.09 bits per heavy atom. The summed E-state index contributed by atoms with van der Waals surface area (Å²) in [6.45, 7) is 4.77. The van der Waals surface area contributed by atoms with Gasteiger partial charge in [0.05, 0.1) is 12.6 Å². The summed E-state index contributed by atoms with van der Waals surface area (Å²) in [6.07, 6.45) is 0.951. The molecule has 0 amide bonds. The molecule has 0 radical (unpaired) electrons. The molecule has 0 aliphatic heterocycles. The van der Waals surface area contributed by atoms with Crippen molar-refractivity contribution in [2.45, 2.75) is 26.3 Å². The maximum Gasteiger partial charge on any atom is 0.171 e. The molecule has 23 heavy (non-hydrogen) atoms. The third-order valence-electron chi connectivity index (χ3n) is 3.41. The largest absolute Gasteiger partial charge is 0.494 e. The van der Waals surface area contributed by atoms with Crippen LogP contribution in [0.5, 0.6) is 5.75 Å². The number of anilines is 1. The van der Waals surface area contributed by atoms with Crippen molar-refractivity contribution in [2.24, 2.45) is 0 Å². The van der Waals surface area contributed by atoms with Crippen molar-refractivity contribution in [2.75, 3.05) is 11.9 Å². The lowest BCUT2D eigenvalue weighted by molar-refractivity contribution is 0.340. The van der Waals surface area contributed by atoms with E-state index in [0.29, 0.717) is 11.7 Å². The van der Waals surface area contributed by atoms with E-state index in [1.54, 1.807) is 0 Å². The van der Waals surface area contributed by atoms with Crippen LogP contribution >= 0.6 is 28.1 Å². The molecular weight excluding hydrogens is 372 g/mol. The minimum Gasteiger partial charge on any atom is -0.494 e. The van der Waals surface area contributed by atoms with E-state index in [-0.39, 0.29) is 6.04 Å². The zero-order chi connectivity index (χ0) is 16.7. The van der Waals surface area contributed by atoms with Crippen molar-refractivity contribution in [3.63, 3.8) is 0 Å². The Bertz CT molecular complexity index is 628. The first-order valence-corrected chi connectivity index (χ1v) is 8.88. The maximum atomic E-state index is 5.44. The van der Waals surface area contributed by atoms with E-state index in [1.807, 2.05) is 43.3 Å². The standard InChI is InChI=1S/C18H21BrN2OS/c1-3-17(13-5-7-14(19)8-6-13)21-18(23)20-15-9-11-16(12-10-15)22-4-2/h5-12,17H,3-4H2,1-2H3,(H2,20,21,23)/t17-/m1/s1. The molecule has 2 aromatic rings. The molecule has 3 nitrogen and oxygen atoms in total. The molecule has 0 saturated carbocycles. The SMILES string of the molecule is CCOc1ccc(NC(=S)N[C@H](CC)c2ccc(Br)cc2)cc1. The van der Waals surface area contributed by atoms with Crippen LogP contribution in [0.25, 0.3) is 0 Å². The summed E-state index contributed by atoms with van der Waals surface area (Å²) < 4.78 is 6.51. The summed E-state index contributed by atoms with van der Waals surface area (Å²) in [6, 6.07) is 16.3. The maximum absolute atomic E-state index is 5.44. The average Bonchev–Trinajstić information content (AvgIpc) is 2.56. The first-order chi connectivity index (χ1) is 11.1. The lowest BCUT2D eigenvalue weighted by atomic mass is 10.1. The van der Waals surface area contributed by atoms with Crippen molar-refractivity contribution in [3.8, 4) is 5.75 Å². The minimum atomic E-state index is 0.186. The number of benzene rings is 2. The summed E-state index contributed by atoms with van der Waals surface area (Å²) in [4.78, 5) is 0. The molecule has 2 rings (SSSR count). The lowest BCUT2D eigenvalue weighted by Crippen LogP contribution is -2.32. The Labute approximate surface area is 151 Å². The summed E-state index contributed by atoms with van der Waals surface area (Å²) >= 11 is 8.89. The molecular formula is C18H21BrN2OS. The van der Waals surface area contributed by atoms with Gasteiger partial charge >= 0.3 is 0 Å². The van der Waals surface area contributed by atoms with E-state index in [2.05, 4.69) is 45.6 Å². The fraction of sp³-hybridized carbons (Fsp3) is 0.278. The van der Waals surface area contributed by atoms with E-state index in [4.69, 9.17) is 17.0 Å². The normalized spacial score (nSPS) is 11.6. The highest BCUT2D eigenvalue weighted by Gasteiger charge is 2.10. The van der Waals surface area contributed by atoms with Gasteiger partial charge in [0.2, 0.25) is 0 Å². The zero-order valence-corrected chi connectivity index (χ0v) is 15.7. The fourth-order valence-electron chi connectivity index (χ4n) is 2.24. The van der Waals surface area contributed by atoms with Crippen LogP contribution in [0, 0.1) is 0 Å². The number of hydrogen-bond donors (Lipinski definition) is 2. The molecule has 2 N–H and O–H groups in total. The van der Waals surface area contributed by atoms with Crippen molar-refractivity contribution >= 4 is 38.9 Å². The number of hydrogen-bond acceptors (Lipinski definition) is 2. The van der Waals surface area contributed by atoms with Crippen LogP contribution in [-0.4, -0.2) is 11.7 Å². The van der Waals surface area contributed by atoms with E-state index >= 15 is 0 Å². The van der Waals surface area contributed by atoms with Gasteiger partial charge in [0.25, 0.3) is 0 Å². The van der Waals surface area contributed by atoms with Crippen LogP contribution < -0.4 is 15.4 Å². The second kappa shape index (κ2) is 8.89. The van der Waals surface area contributed by atoms with Gasteiger partial charge < -0.3 is 15.4 Å². The van der Waals surface area contributed by atoms with Crippen LogP contribution in [0.4, 0.5) is 5.69 Å². The molecule has 0 unspecified atom stereocenters. The zero-order valence-electron chi connectivity index (χ0n) is 13.3. The Kier molecular flexibility index (Phi) is 6.86. The summed E-state index contributed by atoms with van der Waals surface area (Å²) in [5.74, 6) is 0.859. The van der Waals surface area contributed by atoms with Gasteiger partial charge in [-0.3, -0.25) is 0 Å². The number of thiocarbonyl (C=S) groups is 1. The second-order valence-corrected chi connectivity index (χ2v) is 6.39. The first kappa shape index (κ1) is 17.8. The van der Waals surface area contributed by atoms with Crippen LogP contribution in [-0.2, 0) is 0 Å². The highest BCUT2D eigenvalue weighted by atomic mass is 79.9. The van der Waals surface area contributed by atoms with Crippen LogP contribution in [0.2, 0.25) is 0 Å². The molecule has 0 spiro atoms. The van der Waals surface area contributed by atoms with E-state index < -0.39 is 0 Å². The fourth-order valence-corrected chi connectivity index (χ4v) is 2.77. The Morgan fingerprint density at radius 3 is 2.30 bits per heavy atom. The van der Waals surface area contributed by atoms with E-state index in [0.717, 1.165) is 22.3 Å². The topological polar surface area (TPSA) is 33.3 Å². The van der Waals surface area contributed by atoms with Crippen LogP contribution in [0.1, 0.15) is 31.9 Å². The number of rotatable bonds is 6. The van der Waals surface area contributed by atoms with Gasteiger partial charge in [0, 0.05) is 10.2 Å². The molecule has 5 heteroatoms. The van der Waals surface area contributed by atoms with Gasteiger partial charge in [-0.1, -0.05) is 35.0 Å². The number of nitrogens with one attached hydrogen (secondary N) is 2. The smallest absolute Gasteiger partial charge is 0.171 e. The molecule has 0 aliphatic carbocycles. The average molecular weight is 393 g/mol. The molecule has 0 saturated heterocycles. The van der Waals surface area contributed by atoms with Crippen molar-refractivity contribution in [1.82, 2.24) is 5.32 Å². The van der Waals surface area contributed by atoms with Gasteiger partial charge in [-0.2, -0.15) is 0 Å². The number of ether oxygens (including phenoxy) is 1. The third-order valence-corrected chi connectivity index (χ3v) is 4.16. The van der Waals surface area contributed by atoms with Crippen molar-refractivity contribution in [1.29, 1.82) is 0 Å². The second-order valence-electron chi connectivity index (χ2n) is 5.07. The molecule has 2 aromatic carbocycles. The predicted octanol–water partition coefficient (Wildman–Crippen LogP) is 5.29. The van der Waals surface area contributed by atoms with E-state index in [9.17, 15) is 0 Å². The molecule has 0 bridgehead atoms. The Hall–Kier alpha value is -1.59. The highest BCUT2D eigenvalue weighted by molar-refractivity contribution is 9.10. The quantitative estimate of drug-likeness (QED) is 0.654. The highest BCUT2D eigenvalue weighted by Crippen LogP contribution is 2.20. The van der Waals surface area contributed by atoms with Gasteiger partial charge in [0.1, 0.15) is 5.75 Å².